The number of rotatable bonds is 5. The molecule has 154 valence electrons. The molecule has 3 heterocycles. The van der Waals surface area contributed by atoms with Gasteiger partial charge in [0.25, 0.3) is 5.56 Å². The largest absolute Gasteiger partial charge is 0.275 e. The van der Waals surface area contributed by atoms with Crippen LogP contribution in [-0.2, 0) is 13.0 Å². The van der Waals surface area contributed by atoms with Crippen LogP contribution in [0.1, 0.15) is 34.7 Å². The molecule has 0 bridgehead atoms. The highest BCUT2D eigenvalue weighted by atomic mass is 32.1. The van der Waals surface area contributed by atoms with Crippen molar-refractivity contribution >= 4 is 27.8 Å². The van der Waals surface area contributed by atoms with E-state index in [1.54, 1.807) is 22.2 Å². The lowest BCUT2D eigenvalue weighted by Crippen LogP contribution is -2.26. The van der Waals surface area contributed by atoms with E-state index in [4.69, 9.17) is 10.1 Å². The van der Waals surface area contributed by atoms with Gasteiger partial charge in [-0.1, -0.05) is 54.1 Å². The Bertz CT molecular complexity index is 1350. The van der Waals surface area contributed by atoms with Gasteiger partial charge in [0.05, 0.1) is 28.3 Å². The lowest BCUT2D eigenvalue weighted by molar-refractivity contribution is 0.618. The Morgan fingerprint density at radius 3 is 2.65 bits per heavy atom. The SMILES string of the molecule is Cc1ccc(C2=NC(Cn3nc(Cc4nccs4)c4ccccc4c3=O)=CCC2)cc1. The maximum atomic E-state index is 13.2. The highest BCUT2D eigenvalue weighted by Gasteiger charge is 2.15. The smallest absolute Gasteiger partial charge is 0.267 e. The zero-order valence-electron chi connectivity index (χ0n) is 17.3. The van der Waals surface area contributed by atoms with Gasteiger partial charge in [0, 0.05) is 29.1 Å². The molecule has 2 aromatic heterocycles. The van der Waals surface area contributed by atoms with E-state index in [1.807, 2.05) is 29.6 Å². The summed E-state index contributed by atoms with van der Waals surface area (Å²) in [6.07, 6.45) is 6.33. The summed E-state index contributed by atoms with van der Waals surface area (Å²) < 4.78 is 1.55. The van der Waals surface area contributed by atoms with E-state index < -0.39 is 0 Å². The second kappa shape index (κ2) is 8.40. The van der Waals surface area contributed by atoms with E-state index in [1.165, 1.54) is 5.56 Å². The molecule has 4 aromatic rings. The number of hydrogen-bond donors (Lipinski definition) is 0. The fourth-order valence-electron chi connectivity index (χ4n) is 3.89. The van der Waals surface area contributed by atoms with E-state index in [2.05, 4.69) is 42.2 Å². The summed E-state index contributed by atoms with van der Waals surface area (Å²) in [5.74, 6) is 0. The molecule has 0 spiro atoms. The van der Waals surface area contributed by atoms with Gasteiger partial charge in [-0.25, -0.2) is 9.67 Å². The summed E-state index contributed by atoms with van der Waals surface area (Å²) in [7, 11) is 0. The molecular formula is C25H22N4OS. The average molecular weight is 427 g/mol. The van der Waals surface area contributed by atoms with Crippen LogP contribution in [0.4, 0.5) is 0 Å². The molecule has 5 rings (SSSR count). The Morgan fingerprint density at radius 2 is 1.87 bits per heavy atom. The molecular weight excluding hydrogens is 404 g/mol. The van der Waals surface area contributed by atoms with Gasteiger partial charge in [0.2, 0.25) is 0 Å². The molecule has 6 heteroatoms. The number of nitrogens with zero attached hydrogens (tertiary/aromatic N) is 4. The number of aryl methyl sites for hydroxylation is 1. The summed E-state index contributed by atoms with van der Waals surface area (Å²) in [6.45, 7) is 2.45. The Balaban J connectivity index is 1.51. The van der Waals surface area contributed by atoms with Crippen LogP contribution < -0.4 is 5.56 Å². The first-order valence-corrected chi connectivity index (χ1v) is 11.3. The van der Waals surface area contributed by atoms with Crippen LogP contribution in [0, 0.1) is 6.92 Å². The Kier molecular flexibility index (Phi) is 5.30. The molecule has 0 amide bonds. The van der Waals surface area contributed by atoms with E-state index in [0.717, 1.165) is 45.9 Å². The minimum Gasteiger partial charge on any atom is -0.267 e. The molecule has 0 N–H and O–H groups in total. The van der Waals surface area contributed by atoms with E-state index >= 15 is 0 Å². The van der Waals surface area contributed by atoms with Crippen LogP contribution in [0.2, 0.25) is 0 Å². The monoisotopic (exact) mass is 426 g/mol. The highest BCUT2D eigenvalue weighted by Crippen LogP contribution is 2.20. The van der Waals surface area contributed by atoms with Gasteiger partial charge in [-0.15, -0.1) is 11.3 Å². The third kappa shape index (κ3) is 4.11. The Hall–Kier alpha value is -3.38. The molecule has 0 unspecified atom stereocenters. The number of hydrogen-bond acceptors (Lipinski definition) is 5. The van der Waals surface area contributed by atoms with Crippen LogP contribution >= 0.6 is 11.3 Å². The van der Waals surface area contributed by atoms with Crippen LogP contribution in [0.25, 0.3) is 10.8 Å². The minimum absolute atomic E-state index is 0.0861. The number of fused-ring (bicyclic) bond motifs is 1. The van der Waals surface area contributed by atoms with Crippen molar-refractivity contribution < 1.29 is 0 Å². The molecule has 0 fully saturated rings. The quantitative estimate of drug-likeness (QED) is 0.455. The predicted octanol–water partition coefficient (Wildman–Crippen LogP) is 4.92. The van der Waals surface area contributed by atoms with E-state index in [9.17, 15) is 4.79 Å². The predicted molar refractivity (Wildman–Crippen MR) is 126 cm³/mol. The maximum Gasteiger partial charge on any atom is 0.275 e. The van der Waals surface area contributed by atoms with Gasteiger partial charge in [-0.05, 0) is 31.4 Å². The third-order valence-electron chi connectivity index (χ3n) is 5.48. The van der Waals surface area contributed by atoms with Crippen molar-refractivity contribution in [3.8, 4) is 0 Å². The minimum atomic E-state index is -0.0861. The van der Waals surface area contributed by atoms with Crippen molar-refractivity contribution in [2.24, 2.45) is 4.99 Å². The number of benzene rings is 2. The zero-order chi connectivity index (χ0) is 21.2. The van der Waals surface area contributed by atoms with Crippen molar-refractivity contribution in [1.82, 2.24) is 14.8 Å². The Morgan fingerprint density at radius 1 is 1.06 bits per heavy atom. The lowest BCUT2D eigenvalue weighted by Gasteiger charge is -2.15. The number of aliphatic imine (C=N–C) groups is 1. The second-order valence-electron chi connectivity index (χ2n) is 7.72. The maximum absolute atomic E-state index is 13.2. The molecule has 31 heavy (non-hydrogen) atoms. The van der Waals surface area contributed by atoms with Crippen LogP contribution in [0.15, 0.2) is 81.7 Å². The van der Waals surface area contributed by atoms with Gasteiger partial charge in [0.15, 0.2) is 0 Å². The molecule has 1 aliphatic rings. The molecule has 0 saturated heterocycles. The van der Waals surface area contributed by atoms with E-state index in [-0.39, 0.29) is 5.56 Å². The first kappa shape index (κ1) is 19.6. The third-order valence-corrected chi connectivity index (χ3v) is 6.26. The average Bonchev–Trinajstić information content (AvgIpc) is 3.31. The number of thiazole rings is 1. The highest BCUT2D eigenvalue weighted by molar-refractivity contribution is 7.09. The number of aromatic nitrogens is 3. The molecule has 0 aliphatic carbocycles. The van der Waals surface area contributed by atoms with E-state index in [0.29, 0.717) is 18.4 Å². The van der Waals surface area contributed by atoms with Crippen LogP contribution in [0.3, 0.4) is 0 Å². The van der Waals surface area contributed by atoms with Gasteiger partial charge in [0.1, 0.15) is 0 Å². The van der Waals surface area contributed by atoms with Crippen molar-refractivity contribution in [2.45, 2.75) is 32.7 Å². The topological polar surface area (TPSA) is 60.1 Å². The first-order chi connectivity index (χ1) is 15.2. The standard InChI is InChI=1S/C25H22N4OS/c1-17-9-11-18(12-10-17)22-8-4-5-19(27-22)16-29-25(30)21-7-3-2-6-20(21)23(28-29)15-24-26-13-14-31-24/h2-3,5-7,9-14H,4,8,15-16H2,1H3. The zero-order valence-corrected chi connectivity index (χ0v) is 18.1. The summed E-state index contributed by atoms with van der Waals surface area (Å²) >= 11 is 1.60. The van der Waals surface area contributed by atoms with Gasteiger partial charge in [-0.3, -0.25) is 9.79 Å². The Labute approximate surface area is 184 Å². The van der Waals surface area contributed by atoms with Gasteiger partial charge < -0.3 is 0 Å². The van der Waals surface area contributed by atoms with Gasteiger partial charge >= 0.3 is 0 Å². The summed E-state index contributed by atoms with van der Waals surface area (Å²) in [6, 6.07) is 16.1. The van der Waals surface area contributed by atoms with Crippen molar-refractivity contribution in [2.75, 3.05) is 0 Å². The molecule has 1 aliphatic heterocycles. The summed E-state index contributed by atoms with van der Waals surface area (Å²) in [4.78, 5) is 22.4. The fourth-order valence-corrected chi connectivity index (χ4v) is 4.51. The normalized spacial score (nSPS) is 13.8. The van der Waals surface area contributed by atoms with Crippen LogP contribution in [0.5, 0.6) is 0 Å². The summed E-state index contributed by atoms with van der Waals surface area (Å²) in [5, 5.41) is 9.26. The van der Waals surface area contributed by atoms with Crippen molar-refractivity contribution in [3.63, 3.8) is 0 Å². The first-order valence-electron chi connectivity index (χ1n) is 10.4. The van der Waals surface area contributed by atoms with Crippen molar-refractivity contribution in [1.29, 1.82) is 0 Å². The molecule has 2 aromatic carbocycles. The fraction of sp³-hybridized carbons (Fsp3) is 0.200. The lowest BCUT2D eigenvalue weighted by atomic mass is 10.0. The van der Waals surface area contributed by atoms with Crippen LogP contribution in [-0.4, -0.2) is 20.5 Å². The molecule has 0 radical (unpaired) electrons. The summed E-state index contributed by atoms with van der Waals surface area (Å²) in [5.41, 5.74) is 5.10. The van der Waals surface area contributed by atoms with Crippen molar-refractivity contribution in [3.05, 3.63) is 104 Å². The molecule has 5 nitrogen and oxygen atoms in total. The molecule has 0 saturated carbocycles. The number of allylic oxidation sites excluding steroid dienone is 2. The van der Waals surface area contributed by atoms with Gasteiger partial charge in [-0.2, -0.15) is 5.10 Å². The molecule has 0 atom stereocenters. The second-order valence-corrected chi connectivity index (χ2v) is 8.70.